The van der Waals surface area contributed by atoms with Crippen molar-refractivity contribution in [2.24, 2.45) is 10.9 Å². The number of likely N-dealkylation sites (N-methyl/N-ethyl adjacent to an activating group) is 1. The van der Waals surface area contributed by atoms with Crippen molar-refractivity contribution in [3.05, 3.63) is 35.4 Å². The molecule has 0 aromatic heterocycles. The minimum atomic E-state index is 0.0859. The highest BCUT2D eigenvalue weighted by atomic mass is 16.5. The van der Waals surface area contributed by atoms with Crippen LogP contribution in [-0.4, -0.2) is 117 Å². The smallest absolute Gasteiger partial charge is 0.225 e. The molecule has 33 heavy (non-hydrogen) atoms. The third kappa shape index (κ3) is 6.14. The minimum absolute atomic E-state index is 0.0859. The molecule has 4 rings (SSSR count). The van der Waals surface area contributed by atoms with Crippen LogP contribution in [0.3, 0.4) is 0 Å². The Hall–Kier alpha value is -1.96. The lowest BCUT2D eigenvalue weighted by atomic mass is 9.94. The van der Waals surface area contributed by atoms with Crippen molar-refractivity contribution in [3.63, 3.8) is 0 Å². The number of hydrogen-bond acceptors (Lipinski definition) is 6. The van der Waals surface area contributed by atoms with E-state index in [4.69, 9.17) is 9.73 Å². The predicted molar refractivity (Wildman–Crippen MR) is 133 cm³/mol. The lowest BCUT2D eigenvalue weighted by Gasteiger charge is -2.39. The SMILES string of the molecule is Cc1ccccc1C1=NC(CN2CCC(C(=O)N3CCN(CCN(C)C)CC3)CC2)C(C)O1. The summed E-state index contributed by atoms with van der Waals surface area (Å²) in [7, 11) is 4.23. The quantitative estimate of drug-likeness (QED) is 0.629. The maximum Gasteiger partial charge on any atom is 0.225 e. The summed E-state index contributed by atoms with van der Waals surface area (Å²) in [4.78, 5) is 27.3. The molecule has 182 valence electrons. The molecule has 1 aromatic carbocycles. The molecule has 3 aliphatic rings. The number of piperazine rings is 1. The van der Waals surface area contributed by atoms with E-state index in [1.165, 1.54) is 5.56 Å². The number of likely N-dealkylation sites (tertiary alicyclic amines) is 1. The first-order chi connectivity index (χ1) is 15.9. The molecule has 7 heteroatoms. The summed E-state index contributed by atoms with van der Waals surface area (Å²) in [6.07, 6.45) is 1.99. The summed E-state index contributed by atoms with van der Waals surface area (Å²) >= 11 is 0. The Morgan fingerprint density at radius 3 is 2.42 bits per heavy atom. The van der Waals surface area contributed by atoms with Crippen molar-refractivity contribution < 1.29 is 9.53 Å². The topological polar surface area (TPSA) is 51.6 Å². The van der Waals surface area contributed by atoms with Crippen LogP contribution in [0.5, 0.6) is 0 Å². The van der Waals surface area contributed by atoms with Crippen molar-refractivity contribution in [3.8, 4) is 0 Å². The Kier molecular flexibility index (Phi) is 8.04. The molecule has 3 aliphatic heterocycles. The van der Waals surface area contributed by atoms with Gasteiger partial charge in [0, 0.05) is 57.3 Å². The number of amides is 1. The average molecular weight is 456 g/mol. The van der Waals surface area contributed by atoms with E-state index in [1.807, 2.05) is 12.1 Å². The maximum atomic E-state index is 13.1. The molecule has 2 fully saturated rings. The highest BCUT2D eigenvalue weighted by Crippen LogP contribution is 2.24. The molecule has 2 unspecified atom stereocenters. The van der Waals surface area contributed by atoms with Crippen LogP contribution in [0.25, 0.3) is 0 Å². The van der Waals surface area contributed by atoms with E-state index >= 15 is 0 Å². The number of carbonyl (C=O) groups excluding carboxylic acids is 1. The van der Waals surface area contributed by atoms with Crippen LogP contribution in [0.1, 0.15) is 30.9 Å². The zero-order valence-corrected chi connectivity index (χ0v) is 20.9. The number of carbonyl (C=O) groups is 1. The van der Waals surface area contributed by atoms with Gasteiger partial charge in [-0.1, -0.05) is 18.2 Å². The van der Waals surface area contributed by atoms with Crippen molar-refractivity contribution in [1.29, 1.82) is 0 Å². The van der Waals surface area contributed by atoms with Crippen LogP contribution in [0.4, 0.5) is 0 Å². The van der Waals surface area contributed by atoms with E-state index in [1.54, 1.807) is 0 Å². The van der Waals surface area contributed by atoms with Gasteiger partial charge in [-0.3, -0.25) is 9.69 Å². The van der Waals surface area contributed by atoms with Gasteiger partial charge in [-0.05, 0) is 65.5 Å². The molecule has 7 nitrogen and oxygen atoms in total. The van der Waals surface area contributed by atoms with Gasteiger partial charge in [0.15, 0.2) is 0 Å². The van der Waals surface area contributed by atoms with E-state index < -0.39 is 0 Å². The Morgan fingerprint density at radius 2 is 1.76 bits per heavy atom. The van der Waals surface area contributed by atoms with Crippen LogP contribution < -0.4 is 0 Å². The van der Waals surface area contributed by atoms with E-state index in [2.05, 4.69) is 59.7 Å². The van der Waals surface area contributed by atoms with Gasteiger partial charge in [-0.25, -0.2) is 4.99 Å². The van der Waals surface area contributed by atoms with Gasteiger partial charge in [-0.2, -0.15) is 0 Å². The number of hydrogen-bond donors (Lipinski definition) is 0. The van der Waals surface area contributed by atoms with Gasteiger partial charge in [-0.15, -0.1) is 0 Å². The summed E-state index contributed by atoms with van der Waals surface area (Å²) in [6.45, 7) is 13.0. The second-order valence-electron chi connectivity index (χ2n) is 10.2. The second-order valence-corrected chi connectivity index (χ2v) is 10.2. The molecule has 2 atom stereocenters. The summed E-state index contributed by atoms with van der Waals surface area (Å²) in [6, 6.07) is 8.43. The standard InChI is InChI=1S/C26H41N5O2/c1-20-7-5-6-8-23(20)25-27-24(21(2)33-25)19-30-11-9-22(10-12-30)26(32)31-17-15-29(16-18-31)14-13-28(3)4/h5-8,21-22,24H,9-19H2,1-4H3. The van der Waals surface area contributed by atoms with Gasteiger partial charge < -0.3 is 19.4 Å². The minimum Gasteiger partial charge on any atom is -0.472 e. The summed E-state index contributed by atoms with van der Waals surface area (Å²) < 4.78 is 6.12. The fourth-order valence-corrected chi connectivity index (χ4v) is 5.09. The number of aliphatic imine (C=N–C) groups is 1. The average Bonchev–Trinajstić information content (AvgIpc) is 3.18. The van der Waals surface area contributed by atoms with Crippen LogP contribution in [0.15, 0.2) is 29.3 Å². The zero-order chi connectivity index (χ0) is 23.4. The van der Waals surface area contributed by atoms with Crippen LogP contribution in [-0.2, 0) is 9.53 Å². The Morgan fingerprint density at radius 1 is 1.06 bits per heavy atom. The van der Waals surface area contributed by atoms with E-state index in [0.717, 1.165) is 83.2 Å². The molecule has 2 saturated heterocycles. The van der Waals surface area contributed by atoms with Crippen molar-refractivity contribution in [2.75, 3.05) is 73.0 Å². The highest BCUT2D eigenvalue weighted by molar-refractivity contribution is 5.96. The Bertz CT molecular complexity index is 826. The molecule has 0 saturated carbocycles. The molecule has 0 N–H and O–H groups in total. The number of benzene rings is 1. The van der Waals surface area contributed by atoms with Crippen molar-refractivity contribution in [2.45, 2.75) is 38.8 Å². The fraction of sp³-hybridized carbons (Fsp3) is 0.692. The summed E-state index contributed by atoms with van der Waals surface area (Å²) in [5, 5.41) is 0. The molecular weight excluding hydrogens is 414 g/mol. The molecule has 3 heterocycles. The monoisotopic (exact) mass is 455 g/mol. The summed E-state index contributed by atoms with van der Waals surface area (Å²) in [5.41, 5.74) is 2.29. The van der Waals surface area contributed by atoms with E-state index in [0.29, 0.717) is 5.91 Å². The van der Waals surface area contributed by atoms with Gasteiger partial charge in [0.1, 0.15) is 12.1 Å². The lowest BCUT2D eigenvalue weighted by Crippen LogP contribution is -2.52. The van der Waals surface area contributed by atoms with Gasteiger partial charge in [0.2, 0.25) is 11.8 Å². The van der Waals surface area contributed by atoms with E-state index in [9.17, 15) is 4.79 Å². The first-order valence-corrected chi connectivity index (χ1v) is 12.6. The first kappa shape index (κ1) is 24.2. The van der Waals surface area contributed by atoms with Crippen LogP contribution in [0, 0.1) is 12.8 Å². The number of rotatable bonds is 7. The zero-order valence-electron chi connectivity index (χ0n) is 20.9. The van der Waals surface area contributed by atoms with Gasteiger partial charge in [0.05, 0.1) is 0 Å². The number of ether oxygens (including phenoxy) is 1. The van der Waals surface area contributed by atoms with E-state index in [-0.39, 0.29) is 18.1 Å². The molecule has 1 aromatic rings. The third-order valence-corrected chi connectivity index (χ3v) is 7.43. The molecular formula is C26H41N5O2. The number of aryl methyl sites for hydroxylation is 1. The molecule has 1 amide bonds. The molecule has 0 radical (unpaired) electrons. The predicted octanol–water partition coefficient (Wildman–Crippen LogP) is 1.95. The Labute approximate surface area is 199 Å². The largest absolute Gasteiger partial charge is 0.472 e. The van der Waals surface area contributed by atoms with Crippen LogP contribution in [0.2, 0.25) is 0 Å². The van der Waals surface area contributed by atoms with Gasteiger partial charge in [0.25, 0.3) is 0 Å². The molecule has 0 bridgehead atoms. The fourth-order valence-electron chi connectivity index (χ4n) is 5.09. The third-order valence-electron chi connectivity index (χ3n) is 7.43. The first-order valence-electron chi connectivity index (χ1n) is 12.6. The Balaban J connectivity index is 1.22. The number of nitrogens with zero attached hydrogens (tertiary/aromatic N) is 5. The van der Waals surface area contributed by atoms with Crippen molar-refractivity contribution >= 4 is 11.8 Å². The normalized spacial score (nSPS) is 25.4. The highest BCUT2D eigenvalue weighted by Gasteiger charge is 2.34. The molecule has 0 spiro atoms. The van der Waals surface area contributed by atoms with Crippen LogP contribution >= 0.6 is 0 Å². The van der Waals surface area contributed by atoms with Gasteiger partial charge >= 0.3 is 0 Å². The number of piperidine rings is 1. The maximum absolute atomic E-state index is 13.1. The summed E-state index contributed by atoms with van der Waals surface area (Å²) in [5.74, 6) is 1.33. The molecule has 0 aliphatic carbocycles. The second kappa shape index (κ2) is 11.0. The lowest BCUT2D eigenvalue weighted by molar-refractivity contribution is -0.138. The van der Waals surface area contributed by atoms with Crippen molar-refractivity contribution in [1.82, 2.24) is 19.6 Å².